The van der Waals surface area contributed by atoms with Crippen LogP contribution >= 0.6 is 0 Å². The Balaban J connectivity index is 2.83. The van der Waals surface area contributed by atoms with Gasteiger partial charge in [0.2, 0.25) is 5.91 Å². The lowest BCUT2D eigenvalue weighted by molar-refractivity contribution is -0.158. The summed E-state index contributed by atoms with van der Waals surface area (Å²) in [6.07, 6.45) is -0.648. The monoisotopic (exact) mass is 420 g/mol. The van der Waals surface area contributed by atoms with Crippen LogP contribution in [-0.4, -0.2) is 35.2 Å². The Morgan fingerprint density at radius 1 is 0.867 bits per heavy atom. The quantitative estimate of drug-likeness (QED) is 0.647. The van der Waals surface area contributed by atoms with Gasteiger partial charge in [-0.2, -0.15) is 0 Å². The van der Waals surface area contributed by atoms with Crippen molar-refractivity contribution < 1.29 is 23.9 Å². The van der Waals surface area contributed by atoms with Gasteiger partial charge in [-0.3, -0.25) is 4.79 Å². The maximum atomic E-state index is 12.7. The first-order chi connectivity index (χ1) is 13.7. The molecule has 0 saturated carbocycles. The molecule has 0 aliphatic heterocycles. The summed E-state index contributed by atoms with van der Waals surface area (Å²) in [5, 5.41) is 5.50. The zero-order valence-corrected chi connectivity index (χ0v) is 19.4. The van der Waals surface area contributed by atoms with Gasteiger partial charge in [-0.25, -0.2) is 9.59 Å². The minimum Gasteiger partial charge on any atom is -0.458 e. The maximum Gasteiger partial charge on any atom is 0.408 e. The zero-order valence-electron chi connectivity index (χ0n) is 19.4. The van der Waals surface area contributed by atoms with E-state index >= 15 is 0 Å². The van der Waals surface area contributed by atoms with E-state index < -0.39 is 35.2 Å². The number of ether oxygens (including phenoxy) is 2. The molecular weight excluding hydrogens is 384 g/mol. The Bertz CT molecular complexity index is 719. The first-order valence-corrected chi connectivity index (χ1v) is 10.3. The summed E-state index contributed by atoms with van der Waals surface area (Å²) in [5.41, 5.74) is -0.455. The molecule has 0 radical (unpaired) electrons. The molecule has 1 rings (SSSR count). The molecule has 7 nitrogen and oxygen atoms in total. The number of nitrogens with one attached hydrogen (secondary N) is 2. The second-order valence-electron chi connectivity index (χ2n) is 9.51. The van der Waals surface area contributed by atoms with E-state index in [-0.39, 0.29) is 18.4 Å². The van der Waals surface area contributed by atoms with Crippen molar-refractivity contribution in [3.63, 3.8) is 0 Å². The SMILES string of the molecule is CC(CC(NC(=O)OC(C)(C)C)C(=O)OC(C)(C)C)C(=O)NC(C)c1ccccc1. The van der Waals surface area contributed by atoms with Crippen molar-refractivity contribution in [1.82, 2.24) is 10.6 Å². The van der Waals surface area contributed by atoms with Crippen molar-refractivity contribution in [3.05, 3.63) is 35.9 Å². The standard InChI is InChI=1S/C23H36N2O5/c1-15(19(26)24-16(2)17-12-10-9-11-13-17)14-18(20(27)29-22(3,4)5)25-21(28)30-23(6,7)8/h9-13,15-16,18H,14H2,1-8H3,(H,24,26)(H,25,28). The van der Waals surface area contributed by atoms with Crippen molar-refractivity contribution in [2.75, 3.05) is 0 Å². The molecule has 0 aromatic heterocycles. The molecule has 0 fully saturated rings. The number of hydrogen-bond donors (Lipinski definition) is 2. The van der Waals surface area contributed by atoms with Crippen LogP contribution in [0.5, 0.6) is 0 Å². The van der Waals surface area contributed by atoms with Crippen molar-refractivity contribution in [2.45, 2.75) is 85.1 Å². The Morgan fingerprint density at radius 2 is 1.40 bits per heavy atom. The number of amides is 2. The van der Waals surface area contributed by atoms with Crippen LogP contribution in [0.2, 0.25) is 0 Å². The van der Waals surface area contributed by atoms with Crippen LogP contribution in [-0.2, 0) is 19.1 Å². The Hall–Kier alpha value is -2.57. The van der Waals surface area contributed by atoms with E-state index in [1.165, 1.54) is 0 Å². The van der Waals surface area contributed by atoms with Gasteiger partial charge in [-0.05, 0) is 60.5 Å². The minimum atomic E-state index is -1.01. The summed E-state index contributed by atoms with van der Waals surface area (Å²) in [6.45, 7) is 14.0. The predicted octanol–water partition coefficient (Wildman–Crippen LogP) is 4.13. The summed E-state index contributed by atoms with van der Waals surface area (Å²) in [7, 11) is 0. The van der Waals surface area contributed by atoms with Gasteiger partial charge < -0.3 is 20.1 Å². The second kappa shape index (κ2) is 10.5. The van der Waals surface area contributed by atoms with E-state index in [1.54, 1.807) is 48.5 Å². The topological polar surface area (TPSA) is 93.7 Å². The Labute approximate surface area is 179 Å². The molecule has 0 spiro atoms. The van der Waals surface area contributed by atoms with Crippen LogP contribution in [0.25, 0.3) is 0 Å². The number of hydrogen-bond acceptors (Lipinski definition) is 5. The number of benzene rings is 1. The molecule has 1 aromatic rings. The van der Waals surface area contributed by atoms with Crippen LogP contribution in [0.15, 0.2) is 30.3 Å². The molecule has 1 aromatic carbocycles. The zero-order chi connectivity index (χ0) is 23.1. The third-order valence-corrected chi connectivity index (χ3v) is 4.08. The third-order valence-electron chi connectivity index (χ3n) is 4.08. The normalized spacial score (nSPS) is 14.8. The van der Waals surface area contributed by atoms with Gasteiger partial charge in [0.25, 0.3) is 0 Å². The number of alkyl carbamates (subject to hydrolysis) is 1. The van der Waals surface area contributed by atoms with Crippen molar-refractivity contribution >= 4 is 18.0 Å². The number of carbonyl (C=O) groups is 3. The lowest BCUT2D eigenvalue weighted by Gasteiger charge is -2.27. The largest absolute Gasteiger partial charge is 0.458 e. The van der Waals surface area contributed by atoms with E-state index in [9.17, 15) is 14.4 Å². The summed E-state index contributed by atoms with van der Waals surface area (Å²) in [6, 6.07) is 8.41. The summed E-state index contributed by atoms with van der Waals surface area (Å²) < 4.78 is 10.7. The van der Waals surface area contributed by atoms with Crippen LogP contribution in [0.3, 0.4) is 0 Å². The van der Waals surface area contributed by atoms with Crippen molar-refractivity contribution in [2.24, 2.45) is 5.92 Å². The molecule has 30 heavy (non-hydrogen) atoms. The van der Waals surface area contributed by atoms with Gasteiger partial charge >= 0.3 is 12.1 Å². The average molecular weight is 421 g/mol. The number of carbonyl (C=O) groups excluding carboxylic acids is 3. The summed E-state index contributed by atoms with van der Waals surface area (Å²) in [4.78, 5) is 37.5. The molecule has 168 valence electrons. The molecule has 3 atom stereocenters. The van der Waals surface area contributed by atoms with Crippen LogP contribution < -0.4 is 10.6 Å². The fraction of sp³-hybridized carbons (Fsp3) is 0.609. The average Bonchev–Trinajstić information content (AvgIpc) is 2.58. The van der Waals surface area contributed by atoms with Gasteiger partial charge in [0.15, 0.2) is 0 Å². The molecule has 0 bridgehead atoms. The molecule has 7 heteroatoms. The van der Waals surface area contributed by atoms with E-state index in [0.717, 1.165) is 5.56 Å². The molecule has 3 unspecified atom stereocenters. The van der Waals surface area contributed by atoms with E-state index in [1.807, 2.05) is 37.3 Å². The maximum absolute atomic E-state index is 12.7. The first kappa shape index (κ1) is 25.5. The van der Waals surface area contributed by atoms with Gasteiger partial charge in [0.1, 0.15) is 17.2 Å². The highest BCUT2D eigenvalue weighted by molar-refractivity contribution is 5.84. The molecule has 0 saturated heterocycles. The van der Waals surface area contributed by atoms with Gasteiger partial charge in [-0.1, -0.05) is 37.3 Å². The third kappa shape index (κ3) is 9.76. The Kier molecular flexibility index (Phi) is 8.88. The highest BCUT2D eigenvalue weighted by Crippen LogP contribution is 2.17. The smallest absolute Gasteiger partial charge is 0.408 e. The minimum absolute atomic E-state index is 0.0848. The van der Waals surface area contributed by atoms with Gasteiger partial charge in [0.05, 0.1) is 6.04 Å². The molecule has 0 aliphatic carbocycles. The molecule has 2 amide bonds. The number of esters is 1. The second-order valence-corrected chi connectivity index (χ2v) is 9.51. The van der Waals surface area contributed by atoms with E-state index in [4.69, 9.17) is 9.47 Å². The fourth-order valence-electron chi connectivity index (χ4n) is 2.68. The predicted molar refractivity (Wildman–Crippen MR) is 116 cm³/mol. The van der Waals surface area contributed by atoms with Gasteiger partial charge in [0, 0.05) is 5.92 Å². The molecule has 0 aliphatic rings. The molecule has 2 N–H and O–H groups in total. The summed E-state index contributed by atoms with van der Waals surface area (Å²) in [5.74, 6) is -1.36. The van der Waals surface area contributed by atoms with Crippen LogP contribution in [0.1, 0.15) is 73.4 Å². The summed E-state index contributed by atoms with van der Waals surface area (Å²) >= 11 is 0. The molecule has 0 heterocycles. The fourth-order valence-corrected chi connectivity index (χ4v) is 2.68. The van der Waals surface area contributed by atoms with Crippen LogP contribution in [0.4, 0.5) is 4.79 Å². The van der Waals surface area contributed by atoms with Gasteiger partial charge in [-0.15, -0.1) is 0 Å². The lowest BCUT2D eigenvalue weighted by atomic mass is 9.99. The van der Waals surface area contributed by atoms with Crippen LogP contribution in [0, 0.1) is 5.92 Å². The van der Waals surface area contributed by atoms with E-state index in [0.29, 0.717) is 0 Å². The number of rotatable bonds is 7. The highest BCUT2D eigenvalue weighted by atomic mass is 16.6. The van der Waals surface area contributed by atoms with Crippen molar-refractivity contribution in [1.29, 1.82) is 0 Å². The molecular formula is C23H36N2O5. The van der Waals surface area contributed by atoms with Crippen molar-refractivity contribution in [3.8, 4) is 0 Å². The highest BCUT2D eigenvalue weighted by Gasteiger charge is 2.31. The van der Waals surface area contributed by atoms with E-state index in [2.05, 4.69) is 10.6 Å². The lowest BCUT2D eigenvalue weighted by Crippen LogP contribution is -2.48. The first-order valence-electron chi connectivity index (χ1n) is 10.3. The Morgan fingerprint density at radius 3 is 1.90 bits per heavy atom.